The zero-order valence-corrected chi connectivity index (χ0v) is 21.2. The molecule has 1 aliphatic heterocycles. The molecule has 0 unspecified atom stereocenters. The van der Waals surface area contributed by atoms with Gasteiger partial charge in [0.1, 0.15) is 0 Å². The molecule has 1 aromatic heterocycles. The van der Waals surface area contributed by atoms with Crippen LogP contribution in [0.4, 0.5) is 5.69 Å². The SMILES string of the molecule is COc1cc(C(=O)Nc2ccc(S(=O)(=O)N3CCCC[C@H]3c3cccnc3)cc2)cc(OC)c1OC. The number of piperidine rings is 1. The first-order valence-electron chi connectivity index (χ1n) is 11.5. The van der Waals surface area contributed by atoms with Gasteiger partial charge in [0.15, 0.2) is 11.5 Å². The Bertz CT molecular complexity index is 1290. The van der Waals surface area contributed by atoms with E-state index in [1.165, 1.54) is 33.5 Å². The van der Waals surface area contributed by atoms with E-state index < -0.39 is 15.9 Å². The van der Waals surface area contributed by atoms with Gasteiger partial charge in [0.05, 0.1) is 32.3 Å². The van der Waals surface area contributed by atoms with Crippen molar-refractivity contribution in [2.24, 2.45) is 0 Å². The number of pyridine rings is 1. The maximum absolute atomic E-state index is 13.5. The number of carbonyl (C=O) groups is 1. The Morgan fingerprint density at radius 1 is 1.00 bits per heavy atom. The molecule has 2 heterocycles. The molecule has 0 saturated carbocycles. The largest absolute Gasteiger partial charge is 0.493 e. The fourth-order valence-corrected chi connectivity index (χ4v) is 6.04. The van der Waals surface area contributed by atoms with Crippen molar-refractivity contribution in [3.05, 3.63) is 72.1 Å². The van der Waals surface area contributed by atoms with Crippen molar-refractivity contribution in [1.82, 2.24) is 9.29 Å². The molecule has 1 amide bonds. The average Bonchev–Trinajstić information content (AvgIpc) is 2.92. The molecule has 0 aliphatic carbocycles. The monoisotopic (exact) mass is 511 g/mol. The van der Waals surface area contributed by atoms with Crippen molar-refractivity contribution in [3.8, 4) is 17.2 Å². The molecule has 9 nitrogen and oxygen atoms in total. The summed E-state index contributed by atoms with van der Waals surface area (Å²) >= 11 is 0. The quantitative estimate of drug-likeness (QED) is 0.481. The number of sulfonamides is 1. The number of nitrogens with zero attached hydrogens (tertiary/aromatic N) is 2. The number of amides is 1. The Balaban J connectivity index is 1.54. The van der Waals surface area contributed by atoms with Crippen molar-refractivity contribution in [2.45, 2.75) is 30.2 Å². The summed E-state index contributed by atoms with van der Waals surface area (Å²) in [6.45, 7) is 0.446. The summed E-state index contributed by atoms with van der Waals surface area (Å²) in [6, 6.07) is 12.7. The second-order valence-electron chi connectivity index (χ2n) is 8.31. The van der Waals surface area contributed by atoms with Crippen LogP contribution in [0.25, 0.3) is 0 Å². The summed E-state index contributed by atoms with van der Waals surface area (Å²) in [7, 11) is 0.691. The highest BCUT2D eigenvalue weighted by atomic mass is 32.2. The van der Waals surface area contributed by atoms with Gasteiger partial charge in [0.25, 0.3) is 5.91 Å². The zero-order chi connectivity index (χ0) is 25.7. The molecule has 1 saturated heterocycles. The van der Waals surface area contributed by atoms with Gasteiger partial charge in [-0.3, -0.25) is 9.78 Å². The van der Waals surface area contributed by atoms with Crippen molar-refractivity contribution < 1.29 is 27.4 Å². The van der Waals surface area contributed by atoms with E-state index in [1.54, 1.807) is 41.0 Å². The van der Waals surface area contributed by atoms with Gasteiger partial charge in [0, 0.05) is 30.2 Å². The maximum atomic E-state index is 13.5. The van der Waals surface area contributed by atoms with Gasteiger partial charge in [-0.2, -0.15) is 4.31 Å². The smallest absolute Gasteiger partial charge is 0.255 e. The fraction of sp³-hybridized carbons (Fsp3) is 0.308. The molecule has 3 aromatic rings. The normalized spacial score (nSPS) is 16.2. The molecule has 1 N–H and O–H groups in total. The minimum Gasteiger partial charge on any atom is -0.493 e. The standard InChI is InChI=1S/C26H29N3O6S/c1-33-23-15-19(16-24(34-2)25(23)35-3)26(30)28-20-9-11-21(12-10-20)36(31,32)29-14-5-4-8-22(29)18-7-6-13-27-17-18/h6-7,9-13,15-17,22H,4-5,8,14H2,1-3H3,(H,28,30)/t22-/m0/s1. The van der Waals surface area contributed by atoms with Crippen LogP contribution < -0.4 is 19.5 Å². The highest BCUT2D eigenvalue weighted by molar-refractivity contribution is 7.89. The number of carbonyl (C=O) groups excluding carboxylic acids is 1. The van der Waals surface area contributed by atoms with E-state index in [9.17, 15) is 13.2 Å². The molecule has 36 heavy (non-hydrogen) atoms. The summed E-state index contributed by atoms with van der Waals surface area (Å²) in [6.07, 6.45) is 5.90. The van der Waals surface area contributed by atoms with Crippen molar-refractivity contribution in [3.63, 3.8) is 0 Å². The van der Waals surface area contributed by atoms with Crippen LogP contribution in [0.1, 0.15) is 41.2 Å². The van der Waals surface area contributed by atoms with Crippen molar-refractivity contribution >= 4 is 21.6 Å². The molecule has 1 atom stereocenters. The number of rotatable bonds is 8. The number of aromatic nitrogens is 1. The third-order valence-corrected chi connectivity index (χ3v) is 8.09. The molecule has 1 aliphatic rings. The van der Waals surface area contributed by atoms with Gasteiger partial charge in [-0.1, -0.05) is 12.5 Å². The number of hydrogen-bond acceptors (Lipinski definition) is 7. The first-order chi connectivity index (χ1) is 17.4. The van der Waals surface area contributed by atoms with E-state index in [-0.39, 0.29) is 10.9 Å². The van der Waals surface area contributed by atoms with Crippen LogP contribution in [0.5, 0.6) is 17.2 Å². The van der Waals surface area contributed by atoms with Crippen LogP contribution in [0, 0.1) is 0 Å². The van der Waals surface area contributed by atoms with E-state index in [1.807, 2.05) is 12.1 Å². The highest BCUT2D eigenvalue weighted by Gasteiger charge is 2.34. The highest BCUT2D eigenvalue weighted by Crippen LogP contribution is 2.38. The third kappa shape index (κ3) is 5.14. The number of nitrogens with one attached hydrogen (secondary N) is 1. The van der Waals surface area contributed by atoms with E-state index in [0.717, 1.165) is 24.8 Å². The van der Waals surface area contributed by atoms with E-state index in [2.05, 4.69) is 10.3 Å². The van der Waals surface area contributed by atoms with E-state index in [4.69, 9.17) is 14.2 Å². The minimum absolute atomic E-state index is 0.170. The number of anilines is 1. The second-order valence-corrected chi connectivity index (χ2v) is 10.2. The first-order valence-corrected chi connectivity index (χ1v) is 13.0. The van der Waals surface area contributed by atoms with Crippen LogP contribution in [0.15, 0.2) is 65.8 Å². The number of ether oxygens (including phenoxy) is 3. The zero-order valence-electron chi connectivity index (χ0n) is 20.4. The molecule has 10 heteroatoms. The fourth-order valence-electron chi connectivity index (χ4n) is 4.36. The Morgan fingerprint density at radius 2 is 1.69 bits per heavy atom. The van der Waals surface area contributed by atoms with Crippen molar-refractivity contribution in [1.29, 1.82) is 0 Å². The first kappa shape index (κ1) is 25.5. The number of hydrogen-bond donors (Lipinski definition) is 1. The minimum atomic E-state index is -3.74. The molecule has 1 fully saturated rings. The second kappa shape index (κ2) is 11.0. The molecular formula is C26H29N3O6S. The molecular weight excluding hydrogens is 482 g/mol. The molecule has 190 valence electrons. The van der Waals surface area contributed by atoms with E-state index >= 15 is 0 Å². The maximum Gasteiger partial charge on any atom is 0.255 e. The average molecular weight is 512 g/mol. The summed E-state index contributed by atoms with van der Waals surface area (Å²) in [5, 5.41) is 2.78. The van der Waals surface area contributed by atoms with E-state index in [0.29, 0.717) is 35.0 Å². The van der Waals surface area contributed by atoms with Gasteiger partial charge < -0.3 is 19.5 Å². The van der Waals surface area contributed by atoms with Crippen molar-refractivity contribution in [2.75, 3.05) is 33.2 Å². The number of methoxy groups -OCH3 is 3. The lowest BCUT2D eigenvalue weighted by Crippen LogP contribution is -2.38. The van der Waals surface area contributed by atoms with Gasteiger partial charge in [-0.25, -0.2) is 8.42 Å². The number of benzene rings is 2. The molecule has 0 spiro atoms. The summed E-state index contributed by atoms with van der Waals surface area (Å²) in [5.41, 5.74) is 1.64. The predicted molar refractivity (Wildman–Crippen MR) is 135 cm³/mol. The molecule has 0 radical (unpaired) electrons. The topological polar surface area (TPSA) is 107 Å². The summed E-state index contributed by atoms with van der Waals surface area (Å²) in [4.78, 5) is 17.2. The Morgan fingerprint density at radius 3 is 2.28 bits per heavy atom. The summed E-state index contributed by atoms with van der Waals surface area (Å²) in [5.74, 6) is 0.687. The van der Waals surface area contributed by atoms with Crippen LogP contribution in [-0.4, -0.2) is 51.5 Å². The van der Waals surface area contributed by atoms with Crippen LogP contribution in [-0.2, 0) is 10.0 Å². The Labute approximate surface area is 211 Å². The Hall–Kier alpha value is -3.63. The van der Waals surface area contributed by atoms with Crippen LogP contribution in [0.3, 0.4) is 0 Å². The van der Waals surface area contributed by atoms with Gasteiger partial charge in [-0.15, -0.1) is 0 Å². The summed E-state index contributed by atoms with van der Waals surface area (Å²) < 4.78 is 44.5. The lowest BCUT2D eigenvalue weighted by atomic mass is 9.99. The Kier molecular flexibility index (Phi) is 7.76. The van der Waals surface area contributed by atoms with Gasteiger partial charge in [0.2, 0.25) is 15.8 Å². The lowest BCUT2D eigenvalue weighted by Gasteiger charge is -2.34. The molecule has 2 aromatic carbocycles. The van der Waals surface area contributed by atoms with Crippen LogP contribution >= 0.6 is 0 Å². The van der Waals surface area contributed by atoms with Gasteiger partial charge >= 0.3 is 0 Å². The van der Waals surface area contributed by atoms with Gasteiger partial charge in [-0.05, 0) is 60.9 Å². The van der Waals surface area contributed by atoms with Crippen LogP contribution in [0.2, 0.25) is 0 Å². The lowest BCUT2D eigenvalue weighted by molar-refractivity contribution is 0.102. The molecule has 0 bridgehead atoms. The predicted octanol–water partition coefficient (Wildman–Crippen LogP) is 4.28. The third-order valence-electron chi connectivity index (χ3n) is 6.17. The molecule has 4 rings (SSSR count).